The van der Waals surface area contributed by atoms with Gasteiger partial charge in [-0.3, -0.25) is 9.59 Å². The highest BCUT2D eigenvalue weighted by molar-refractivity contribution is 7.16. The molecule has 0 aliphatic rings. The zero-order chi connectivity index (χ0) is 20.1. The third-order valence-corrected chi connectivity index (χ3v) is 5.43. The van der Waals surface area contributed by atoms with Crippen LogP contribution in [0.3, 0.4) is 0 Å². The molecule has 0 spiro atoms. The van der Waals surface area contributed by atoms with Crippen LogP contribution in [0.1, 0.15) is 46.3 Å². The second-order valence-electron chi connectivity index (χ2n) is 6.06. The fourth-order valence-corrected chi connectivity index (χ4v) is 3.91. The first-order valence-electron chi connectivity index (χ1n) is 8.29. The van der Waals surface area contributed by atoms with Crippen LogP contribution in [0.25, 0.3) is 0 Å². The summed E-state index contributed by atoms with van der Waals surface area (Å²) < 4.78 is 5.14. The molecule has 0 aliphatic carbocycles. The molecule has 1 aromatic carbocycles. The standard InChI is InChI=1S/C19H21ClN2O4S/c1-10-12(3)27-18(22-13(4)23)17(10)19(25)26-9-16(24)21-11(2)14-7-5-6-8-15(14)20/h5-8,11H,9H2,1-4H3,(H,21,24)(H,22,23)/t11-/m0/s1. The first-order chi connectivity index (χ1) is 12.7. The molecular weight excluding hydrogens is 388 g/mol. The number of thiophene rings is 1. The Labute approximate surface area is 166 Å². The van der Waals surface area contributed by atoms with E-state index in [4.69, 9.17) is 16.3 Å². The number of carbonyl (C=O) groups excluding carboxylic acids is 3. The molecule has 2 N–H and O–H groups in total. The van der Waals surface area contributed by atoms with E-state index < -0.39 is 18.5 Å². The number of nitrogens with one attached hydrogen (secondary N) is 2. The summed E-state index contributed by atoms with van der Waals surface area (Å²) in [5, 5.41) is 6.34. The van der Waals surface area contributed by atoms with E-state index in [9.17, 15) is 14.4 Å². The number of amides is 2. The molecule has 0 saturated carbocycles. The van der Waals surface area contributed by atoms with Crippen molar-refractivity contribution in [3.63, 3.8) is 0 Å². The molecule has 1 aromatic heterocycles. The van der Waals surface area contributed by atoms with Crippen LogP contribution in [0.15, 0.2) is 24.3 Å². The van der Waals surface area contributed by atoms with Crippen molar-refractivity contribution in [3.8, 4) is 0 Å². The van der Waals surface area contributed by atoms with Crippen molar-refractivity contribution in [3.05, 3.63) is 50.9 Å². The normalized spacial score (nSPS) is 11.6. The van der Waals surface area contributed by atoms with Gasteiger partial charge in [-0.2, -0.15) is 0 Å². The van der Waals surface area contributed by atoms with Gasteiger partial charge in [-0.05, 0) is 38.0 Å². The van der Waals surface area contributed by atoms with E-state index in [2.05, 4.69) is 10.6 Å². The number of halogens is 1. The van der Waals surface area contributed by atoms with E-state index in [-0.39, 0.29) is 17.5 Å². The Hall–Kier alpha value is -2.38. The van der Waals surface area contributed by atoms with Crippen molar-refractivity contribution in [1.29, 1.82) is 0 Å². The fraction of sp³-hybridized carbons (Fsp3) is 0.316. The Balaban J connectivity index is 2.00. The minimum absolute atomic E-state index is 0.277. The lowest BCUT2D eigenvalue weighted by atomic mass is 10.1. The van der Waals surface area contributed by atoms with Crippen LogP contribution in [0, 0.1) is 13.8 Å². The van der Waals surface area contributed by atoms with Crippen molar-refractivity contribution in [2.45, 2.75) is 33.7 Å². The van der Waals surface area contributed by atoms with Crippen LogP contribution in [0.5, 0.6) is 0 Å². The molecule has 1 heterocycles. The molecular formula is C19H21ClN2O4S. The summed E-state index contributed by atoms with van der Waals surface area (Å²) in [4.78, 5) is 36.8. The maximum Gasteiger partial charge on any atom is 0.341 e. The number of esters is 1. The smallest absolute Gasteiger partial charge is 0.341 e. The number of aryl methyl sites for hydroxylation is 1. The Kier molecular flexibility index (Phi) is 6.98. The second kappa shape index (κ2) is 9.01. The minimum Gasteiger partial charge on any atom is -0.452 e. The van der Waals surface area contributed by atoms with Crippen LogP contribution in [0.4, 0.5) is 5.00 Å². The van der Waals surface area contributed by atoms with Gasteiger partial charge in [0.2, 0.25) is 5.91 Å². The Bertz CT molecular complexity index is 879. The van der Waals surface area contributed by atoms with Gasteiger partial charge in [-0.15, -0.1) is 11.3 Å². The molecule has 0 radical (unpaired) electrons. The molecule has 2 amide bonds. The average Bonchev–Trinajstić information content (AvgIpc) is 2.86. The predicted molar refractivity (Wildman–Crippen MR) is 106 cm³/mol. The lowest BCUT2D eigenvalue weighted by molar-refractivity contribution is -0.124. The molecule has 8 heteroatoms. The SMILES string of the molecule is CC(=O)Nc1sc(C)c(C)c1C(=O)OCC(=O)N[C@@H](C)c1ccccc1Cl. The first kappa shape index (κ1) is 20.9. The maximum absolute atomic E-state index is 12.4. The largest absolute Gasteiger partial charge is 0.452 e. The van der Waals surface area contributed by atoms with Gasteiger partial charge in [-0.25, -0.2) is 4.79 Å². The van der Waals surface area contributed by atoms with Gasteiger partial charge in [0.25, 0.3) is 5.91 Å². The molecule has 1 atom stereocenters. The third kappa shape index (κ3) is 5.30. The average molecular weight is 409 g/mol. The summed E-state index contributed by atoms with van der Waals surface area (Å²) >= 11 is 7.41. The van der Waals surface area contributed by atoms with Crippen molar-refractivity contribution >= 4 is 45.7 Å². The van der Waals surface area contributed by atoms with E-state index in [1.54, 1.807) is 26.0 Å². The quantitative estimate of drug-likeness (QED) is 0.707. The van der Waals surface area contributed by atoms with Gasteiger partial charge in [0.05, 0.1) is 11.6 Å². The lowest BCUT2D eigenvalue weighted by Crippen LogP contribution is -2.31. The number of anilines is 1. The van der Waals surface area contributed by atoms with Crippen LogP contribution in [-0.2, 0) is 14.3 Å². The molecule has 2 aromatic rings. The van der Waals surface area contributed by atoms with E-state index in [0.29, 0.717) is 10.0 Å². The summed E-state index contributed by atoms with van der Waals surface area (Å²) in [6, 6.07) is 6.86. The van der Waals surface area contributed by atoms with E-state index in [0.717, 1.165) is 16.0 Å². The van der Waals surface area contributed by atoms with Gasteiger partial charge >= 0.3 is 5.97 Å². The second-order valence-corrected chi connectivity index (χ2v) is 7.69. The lowest BCUT2D eigenvalue weighted by Gasteiger charge is -2.15. The van der Waals surface area contributed by atoms with Crippen molar-refractivity contribution in [2.24, 2.45) is 0 Å². The van der Waals surface area contributed by atoms with Gasteiger partial charge in [0.15, 0.2) is 6.61 Å². The number of benzene rings is 1. The Morgan fingerprint density at radius 3 is 2.52 bits per heavy atom. The van der Waals surface area contributed by atoms with Crippen LogP contribution >= 0.6 is 22.9 Å². The molecule has 0 unspecified atom stereocenters. The van der Waals surface area contributed by atoms with Gasteiger partial charge in [-0.1, -0.05) is 29.8 Å². The number of ether oxygens (including phenoxy) is 1. The monoisotopic (exact) mass is 408 g/mol. The molecule has 6 nitrogen and oxygen atoms in total. The summed E-state index contributed by atoms with van der Waals surface area (Å²) in [7, 11) is 0. The van der Waals surface area contributed by atoms with Crippen LogP contribution in [-0.4, -0.2) is 24.4 Å². The summed E-state index contributed by atoms with van der Waals surface area (Å²) in [5.74, 6) is -1.38. The molecule has 2 rings (SSSR count). The number of hydrogen-bond acceptors (Lipinski definition) is 5. The summed E-state index contributed by atoms with van der Waals surface area (Å²) in [5.41, 5.74) is 1.77. The zero-order valence-electron chi connectivity index (χ0n) is 15.5. The molecule has 0 fully saturated rings. The number of hydrogen-bond donors (Lipinski definition) is 2. The topological polar surface area (TPSA) is 84.5 Å². The highest BCUT2D eigenvalue weighted by Crippen LogP contribution is 2.33. The molecule has 0 bridgehead atoms. The Morgan fingerprint density at radius 2 is 1.89 bits per heavy atom. The summed E-state index contributed by atoms with van der Waals surface area (Å²) in [6.07, 6.45) is 0. The maximum atomic E-state index is 12.4. The third-order valence-electron chi connectivity index (χ3n) is 3.96. The fourth-order valence-electron chi connectivity index (χ4n) is 2.51. The van der Waals surface area contributed by atoms with Gasteiger partial charge < -0.3 is 15.4 Å². The zero-order valence-corrected chi connectivity index (χ0v) is 17.1. The van der Waals surface area contributed by atoms with E-state index in [1.165, 1.54) is 18.3 Å². The van der Waals surface area contributed by atoms with E-state index in [1.807, 2.05) is 19.1 Å². The number of carbonyl (C=O) groups is 3. The van der Waals surface area contributed by atoms with Gasteiger partial charge in [0.1, 0.15) is 5.00 Å². The van der Waals surface area contributed by atoms with Crippen molar-refractivity contribution in [2.75, 3.05) is 11.9 Å². The Morgan fingerprint density at radius 1 is 1.22 bits per heavy atom. The molecule has 144 valence electrons. The van der Waals surface area contributed by atoms with Crippen molar-refractivity contribution < 1.29 is 19.1 Å². The highest BCUT2D eigenvalue weighted by Gasteiger charge is 2.22. The van der Waals surface area contributed by atoms with E-state index >= 15 is 0 Å². The molecule has 0 saturated heterocycles. The van der Waals surface area contributed by atoms with Crippen LogP contribution < -0.4 is 10.6 Å². The van der Waals surface area contributed by atoms with Gasteiger partial charge in [0, 0.05) is 16.8 Å². The predicted octanol–water partition coefficient (Wildman–Crippen LogP) is 4.01. The number of rotatable bonds is 6. The molecule has 0 aliphatic heterocycles. The molecule has 27 heavy (non-hydrogen) atoms. The highest BCUT2D eigenvalue weighted by atomic mass is 35.5. The van der Waals surface area contributed by atoms with Crippen molar-refractivity contribution in [1.82, 2.24) is 5.32 Å². The minimum atomic E-state index is -0.652. The summed E-state index contributed by atoms with van der Waals surface area (Å²) in [6.45, 7) is 6.35. The first-order valence-corrected chi connectivity index (χ1v) is 9.48. The van der Waals surface area contributed by atoms with Crippen LogP contribution in [0.2, 0.25) is 5.02 Å².